The summed E-state index contributed by atoms with van der Waals surface area (Å²) in [6.45, 7) is 3.21. The molecule has 0 saturated heterocycles. The lowest BCUT2D eigenvalue weighted by Crippen LogP contribution is -2.43. The summed E-state index contributed by atoms with van der Waals surface area (Å²) < 4.78 is 0. The highest BCUT2D eigenvalue weighted by atomic mass is 16.3. The summed E-state index contributed by atoms with van der Waals surface area (Å²) in [5, 5.41) is 12.8. The third-order valence-corrected chi connectivity index (χ3v) is 6.62. The standard InChI is InChI=1S/C27H28N2O2/c30-26-23-10-4-8-22-9-5-11-24(25(22)23)27(31)29(26)19-18-28-16-14-21(15-17-28)13-12-20-6-2-1-3-7-20/h1-11,14,26,30H,12-13,15-19H2. The number of amides is 1. The number of benzene rings is 3. The second-order valence-electron chi connectivity index (χ2n) is 8.52. The normalized spacial score (nSPS) is 19.0. The van der Waals surface area contributed by atoms with Crippen LogP contribution in [-0.4, -0.2) is 47.0 Å². The van der Waals surface area contributed by atoms with E-state index in [9.17, 15) is 9.90 Å². The highest BCUT2D eigenvalue weighted by Crippen LogP contribution is 2.35. The Hall–Kier alpha value is -2.95. The van der Waals surface area contributed by atoms with Crippen molar-refractivity contribution in [1.29, 1.82) is 0 Å². The van der Waals surface area contributed by atoms with Gasteiger partial charge in [0.25, 0.3) is 5.91 Å². The van der Waals surface area contributed by atoms with E-state index in [2.05, 4.69) is 41.3 Å². The van der Waals surface area contributed by atoms with Crippen LogP contribution in [0.25, 0.3) is 10.8 Å². The fourth-order valence-corrected chi connectivity index (χ4v) is 4.80. The van der Waals surface area contributed by atoms with Gasteiger partial charge < -0.3 is 10.0 Å². The summed E-state index contributed by atoms with van der Waals surface area (Å²) in [7, 11) is 0. The minimum absolute atomic E-state index is 0.0760. The molecule has 1 amide bonds. The summed E-state index contributed by atoms with van der Waals surface area (Å²) in [5.74, 6) is -0.0760. The van der Waals surface area contributed by atoms with E-state index in [0.29, 0.717) is 12.1 Å². The zero-order valence-corrected chi connectivity index (χ0v) is 17.7. The van der Waals surface area contributed by atoms with Gasteiger partial charge in [0.2, 0.25) is 0 Å². The molecule has 1 N–H and O–H groups in total. The summed E-state index contributed by atoms with van der Waals surface area (Å²) in [6.07, 6.45) is 4.74. The first kappa shape index (κ1) is 20.0. The van der Waals surface area contributed by atoms with Crippen LogP contribution in [0.2, 0.25) is 0 Å². The van der Waals surface area contributed by atoms with Crippen LogP contribution in [0.15, 0.2) is 78.4 Å². The van der Waals surface area contributed by atoms with Gasteiger partial charge in [-0.1, -0.05) is 72.3 Å². The second kappa shape index (κ2) is 8.66. The number of hydrogen-bond donors (Lipinski definition) is 1. The topological polar surface area (TPSA) is 43.8 Å². The molecule has 2 aliphatic heterocycles. The average molecular weight is 413 g/mol. The molecule has 158 valence electrons. The molecule has 31 heavy (non-hydrogen) atoms. The molecule has 0 aliphatic carbocycles. The number of nitrogens with zero attached hydrogens (tertiary/aromatic N) is 2. The van der Waals surface area contributed by atoms with E-state index in [1.165, 1.54) is 11.1 Å². The number of aryl methyl sites for hydroxylation is 1. The quantitative estimate of drug-likeness (QED) is 0.604. The first-order chi connectivity index (χ1) is 15.2. The maximum atomic E-state index is 13.1. The number of aliphatic hydroxyl groups is 1. The number of hydrogen-bond acceptors (Lipinski definition) is 3. The summed E-state index contributed by atoms with van der Waals surface area (Å²) in [6, 6.07) is 22.3. The monoisotopic (exact) mass is 412 g/mol. The van der Waals surface area contributed by atoms with Crippen LogP contribution in [0.3, 0.4) is 0 Å². The molecule has 0 aromatic heterocycles. The van der Waals surface area contributed by atoms with Gasteiger partial charge in [-0.2, -0.15) is 0 Å². The van der Waals surface area contributed by atoms with Crippen molar-refractivity contribution in [3.63, 3.8) is 0 Å². The lowest BCUT2D eigenvalue weighted by atomic mass is 9.93. The van der Waals surface area contributed by atoms with Crippen molar-refractivity contribution < 1.29 is 9.90 Å². The van der Waals surface area contributed by atoms with E-state index >= 15 is 0 Å². The van der Waals surface area contributed by atoms with E-state index in [1.807, 2.05) is 36.4 Å². The Morgan fingerprint density at radius 1 is 0.903 bits per heavy atom. The maximum Gasteiger partial charge on any atom is 0.256 e. The Bertz CT molecular complexity index is 1120. The molecule has 4 heteroatoms. The third kappa shape index (κ3) is 4.01. The van der Waals surface area contributed by atoms with Crippen molar-refractivity contribution in [1.82, 2.24) is 9.80 Å². The smallest absolute Gasteiger partial charge is 0.256 e. The van der Waals surface area contributed by atoms with Crippen molar-refractivity contribution in [3.05, 3.63) is 95.1 Å². The molecule has 2 aliphatic rings. The van der Waals surface area contributed by atoms with Gasteiger partial charge in [-0.3, -0.25) is 9.69 Å². The van der Waals surface area contributed by atoms with Gasteiger partial charge in [-0.25, -0.2) is 0 Å². The van der Waals surface area contributed by atoms with E-state index in [-0.39, 0.29) is 5.91 Å². The second-order valence-corrected chi connectivity index (χ2v) is 8.52. The van der Waals surface area contributed by atoms with Crippen molar-refractivity contribution in [3.8, 4) is 0 Å². The van der Waals surface area contributed by atoms with Crippen molar-refractivity contribution in [2.75, 3.05) is 26.2 Å². The zero-order valence-electron chi connectivity index (χ0n) is 17.7. The van der Waals surface area contributed by atoms with Gasteiger partial charge in [0.1, 0.15) is 0 Å². The molecule has 3 aromatic carbocycles. The van der Waals surface area contributed by atoms with E-state index < -0.39 is 6.23 Å². The van der Waals surface area contributed by atoms with Crippen molar-refractivity contribution in [2.24, 2.45) is 0 Å². The van der Waals surface area contributed by atoms with E-state index in [0.717, 1.165) is 55.2 Å². The van der Waals surface area contributed by atoms with Crippen molar-refractivity contribution >= 4 is 16.7 Å². The van der Waals surface area contributed by atoms with Gasteiger partial charge in [0, 0.05) is 42.7 Å². The molecule has 4 nitrogen and oxygen atoms in total. The van der Waals surface area contributed by atoms with Crippen LogP contribution in [0.5, 0.6) is 0 Å². The molecule has 1 unspecified atom stereocenters. The molecule has 0 radical (unpaired) electrons. The summed E-state index contributed by atoms with van der Waals surface area (Å²) in [5.41, 5.74) is 4.43. The SMILES string of the molecule is O=C1c2cccc3cccc(c23)C(O)N1CCN1CC=C(CCc2ccccc2)CC1. The van der Waals surface area contributed by atoms with Gasteiger partial charge in [0.15, 0.2) is 6.23 Å². The Kier molecular flexibility index (Phi) is 5.58. The van der Waals surface area contributed by atoms with Crippen LogP contribution in [0, 0.1) is 0 Å². The van der Waals surface area contributed by atoms with Gasteiger partial charge in [-0.15, -0.1) is 0 Å². The maximum absolute atomic E-state index is 13.1. The number of aliphatic hydroxyl groups excluding tert-OH is 1. The first-order valence-electron chi connectivity index (χ1n) is 11.2. The molecule has 0 fully saturated rings. The Balaban J connectivity index is 1.20. The van der Waals surface area contributed by atoms with Crippen LogP contribution in [-0.2, 0) is 6.42 Å². The molecular formula is C27H28N2O2. The number of rotatable bonds is 6. The zero-order chi connectivity index (χ0) is 21.2. The molecule has 1 atom stereocenters. The Morgan fingerprint density at radius 3 is 2.48 bits per heavy atom. The molecule has 2 heterocycles. The third-order valence-electron chi connectivity index (χ3n) is 6.62. The van der Waals surface area contributed by atoms with Gasteiger partial charge in [-0.05, 0) is 36.3 Å². The fraction of sp³-hybridized carbons (Fsp3) is 0.296. The number of carbonyl (C=O) groups is 1. The van der Waals surface area contributed by atoms with E-state index in [1.54, 1.807) is 4.90 Å². The summed E-state index contributed by atoms with van der Waals surface area (Å²) in [4.78, 5) is 17.1. The number of carbonyl (C=O) groups excluding carboxylic acids is 1. The van der Waals surface area contributed by atoms with Gasteiger partial charge in [0.05, 0.1) is 0 Å². The van der Waals surface area contributed by atoms with Crippen molar-refractivity contribution in [2.45, 2.75) is 25.5 Å². The molecule has 0 saturated carbocycles. The average Bonchev–Trinajstić information content (AvgIpc) is 2.82. The van der Waals surface area contributed by atoms with Crippen LogP contribution >= 0.6 is 0 Å². The molecular weight excluding hydrogens is 384 g/mol. The lowest BCUT2D eigenvalue weighted by Gasteiger charge is -2.36. The van der Waals surface area contributed by atoms with Gasteiger partial charge >= 0.3 is 0 Å². The van der Waals surface area contributed by atoms with Crippen LogP contribution < -0.4 is 0 Å². The highest BCUT2D eigenvalue weighted by Gasteiger charge is 2.32. The van der Waals surface area contributed by atoms with Crippen LogP contribution in [0.4, 0.5) is 0 Å². The predicted molar refractivity (Wildman–Crippen MR) is 124 cm³/mol. The predicted octanol–water partition coefficient (Wildman–Crippen LogP) is 4.55. The lowest BCUT2D eigenvalue weighted by molar-refractivity contribution is 0.00143. The molecule has 3 aromatic rings. The van der Waals surface area contributed by atoms with E-state index in [4.69, 9.17) is 0 Å². The summed E-state index contributed by atoms with van der Waals surface area (Å²) >= 11 is 0. The molecule has 5 rings (SSSR count). The largest absolute Gasteiger partial charge is 0.369 e. The minimum atomic E-state index is -0.882. The Labute approximate surface area is 183 Å². The molecule has 0 spiro atoms. The van der Waals surface area contributed by atoms with Crippen LogP contribution in [0.1, 0.15) is 40.6 Å². The Morgan fingerprint density at radius 2 is 1.71 bits per heavy atom. The highest BCUT2D eigenvalue weighted by molar-refractivity contribution is 6.10. The fourth-order valence-electron chi connectivity index (χ4n) is 4.80. The first-order valence-corrected chi connectivity index (χ1v) is 11.2. The minimum Gasteiger partial charge on any atom is -0.369 e. The molecule has 0 bridgehead atoms.